The number of fused-ring (bicyclic) bond motifs is 1. The Kier molecular flexibility index (Phi) is 4.44. The van der Waals surface area contributed by atoms with Crippen molar-refractivity contribution >= 4 is 5.57 Å². The predicted molar refractivity (Wildman–Crippen MR) is 116 cm³/mol. The Labute approximate surface area is 170 Å². The van der Waals surface area contributed by atoms with Gasteiger partial charge in [0.15, 0.2) is 0 Å². The number of hydrogen-bond acceptors (Lipinski definition) is 2. The highest BCUT2D eigenvalue weighted by Gasteiger charge is 2.31. The maximum atomic E-state index is 13.5. The van der Waals surface area contributed by atoms with Crippen molar-refractivity contribution in [2.24, 2.45) is 0 Å². The minimum absolute atomic E-state index is 0.223. The van der Waals surface area contributed by atoms with Crippen LogP contribution in [0.1, 0.15) is 24.1 Å². The van der Waals surface area contributed by atoms with Crippen LogP contribution in [0.25, 0.3) is 28.0 Å². The predicted octanol–water partition coefficient (Wildman–Crippen LogP) is 5.61. The van der Waals surface area contributed by atoms with E-state index in [-0.39, 0.29) is 5.82 Å². The van der Waals surface area contributed by atoms with Crippen molar-refractivity contribution < 1.29 is 4.39 Å². The molecule has 5 rings (SSSR count). The van der Waals surface area contributed by atoms with Crippen molar-refractivity contribution in [3.05, 3.63) is 84.1 Å². The summed E-state index contributed by atoms with van der Waals surface area (Å²) in [4.78, 5) is 10.3. The molecule has 1 aromatic carbocycles. The molecule has 4 heteroatoms. The summed E-state index contributed by atoms with van der Waals surface area (Å²) < 4.78 is 13.5. The van der Waals surface area contributed by atoms with Crippen LogP contribution in [0.3, 0.4) is 0 Å². The molecule has 3 nitrogen and oxygen atoms in total. The third kappa shape index (κ3) is 3.23. The van der Waals surface area contributed by atoms with Gasteiger partial charge in [-0.05, 0) is 72.9 Å². The Morgan fingerprint density at radius 1 is 1.07 bits per heavy atom. The largest absolute Gasteiger partial charge is 0.358 e. The van der Waals surface area contributed by atoms with Gasteiger partial charge in [-0.15, -0.1) is 0 Å². The van der Waals surface area contributed by atoms with Crippen LogP contribution in [0.5, 0.6) is 0 Å². The molecule has 2 aliphatic rings. The first kappa shape index (κ1) is 18.1. The summed E-state index contributed by atoms with van der Waals surface area (Å²) in [5.41, 5.74) is 9.43. The minimum atomic E-state index is -0.223. The monoisotopic (exact) mass is 385 g/mol. The van der Waals surface area contributed by atoms with Crippen LogP contribution >= 0.6 is 0 Å². The number of benzene rings is 1. The number of rotatable bonds is 3. The molecule has 0 aliphatic carbocycles. The van der Waals surface area contributed by atoms with Crippen LogP contribution in [-0.2, 0) is 0 Å². The van der Waals surface area contributed by atoms with Crippen molar-refractivity contribution in [2.75, 3.05) is 13.1 Å². The van der Waals surface area contributed by atoms with E-state index in [1.54, 1.807) is 0 Å². The lowest BCUT2D eigenvalue weighted by Crippen LogP contribution is -2.32. The van der Waals surface area contributed by atoms with E-state index in [0.29, 0.717) is 6.04 Å². The van der Waals surface area contributed by atoms with Crippen LogP contribution < -0.4 is 0 Å². The number of hydrogen-bond donors (Lipinski definition) is 1. The second-order valence-corrected chi connectivity index (χ2v) is 8.05. The molecule has 0 spiro atoms. The summed E-state index contributed by atoms with van der Waals surface area (Å²) >= 11 is 0. The van der Waals surface area contributed by atoms with Gasteiger partial charge >= 0.3 is 0 Å². The molecule has 0 bridgehead atoms. The van der Waals surface area contributed by atoms with E-state index >= 15 is 0 Å². The molecule has 0 saturated carbocycles. The molecule has 2 aromatic heterocycles. The molecular weight excluding hydrogens is 361 g/mol. The van der Waals surface area contributed by atoms with Gasteiger partial charge in [-0.3, -0.25) is 9.88 Å². The number of aromatic amines is 1. The summed E-state index contributed by atoms with van der Waals surface area (Å²) in [5.74, 6) is -0.223. The first-order valence-corrected chi connectivity index (χ1v) is 10.1. The molecule has 3 aromatic rings. The fourth-order valence-electron chi connectivity index (χ4n) is 4.76. The summed E-state index contributed by atoms with van der Waals surface area (Å²) in [6, 6.07) is 11.3. The SMILES string of the molecule is C=C1CC2C=C(c3c(C)[nH]c(-c4ccc(F)cc4)c3-c3ccncc3)CCN2C1. The van der Waals surface area contributed by atoms with E-state index in [1.807, 2.05) is 36.7 Å². The maximum Gasteiger partial charge on any atom is 0.123 e. The van der Waals surface area contributed by atoms with Crippen molar-refractivity contribution in [1.82, 2.24) is 14.9 Å². The van der Waals surface area contributed by atoms with Gasteiger partial charge in [-0.1, -0.05) is 18.2 Å². The van der Waals surface area contributed by atoms with Crippen LogP contribution in [0.4, 0.5) is 4.39 Å². The van der Waals surface area contributed by atoms with Gasteiger partial charge in [-0.2, -0.15) is 0 Å². The molecule has 1 saturated heterocycles. The smallest absolute Gasteiger partial charge is 0.123 e. The number of aryl methyl sites for hydroxylation is 1. The third-order valence-corrected chi connectivity index (χ3v) is 6.07. The standard InChI is InChI=1S/C25H24FN3/c1-16-13-22-14-20(9-12-29(22)15-16)23-17(2)28-25(19-3-5-21(26)6-4-19)24(23)18-7-10-27-11-8-18/h3-8,10-11,14,22,28H,1,9,12-13,15H2,2H3. The van der Waals surface area contributed by atoms with Crippen molar-refractivity contribution in [1.29, 1.82) is 0 Å². The van der Waals surface area contributed by atoms with Crippen LogP contribution in [0, 0.1) is 12.7 Å². The highest BCUT2D eigenvalue weighted by atomic mass is 19.1. The first-order chi connectivity index (χ1) is 14.1. The summed E-state index contributed by atoms with van der Waals surface area (Å²) in [5, 5.41) is 0. The Morgan fingerprint density at radius 2 is 1.83 bits per heavy atom. The van der Waals surface area contributed by atoms with E-state index < -0.39 is 0 Å². The zero-order valence-electron chi connectivity index (χ0n) is 16.6. The zero-order valence-corrected chi connectivity index (χ0v) is 16.6. The molecule has 1 N–H and O–H groups in total. The molecule has 29 heavy (non-hydrogen) atoms. The van der Waals surface area contributed by atoms with Crippen LogP contribution in [0.2, 0.25) is 0 Å². The van der Waals surface area contributed by atoms with Gasteiger partial charge in [-0.25, -0.2) is 4.39 Å². The Morgan fingerprint density at radius 3 is 2.59 bits per heavy atom. The quantitative estimate of drug-likeness (QED) is 0.595. The molecule has 2 aliphatic heterocycles. The minimum Gasteiger partial charge on any atom is -0.358 e. The van der Waals surface area contributed by atoms with E-state index in [9.17, 15) is 4.39 Å². The van der Waals surface area contributed by atoms with Crippen LogP contribution in [0.15, 0.2) is 67.0 Å². The van der Waals surface area contributed by atoms with Gasteiger partial charge in [0, 0.05) is 48.3 Å². The van der Waals surface area contributed by atoms with E-state index in [2.05, 4.69) is 34.4 Å². The number of halogens is 1. The molecule has 0 radical (unpaired) electrons. The van der Waals surface area contributed by atoms with E-state index in [1.165, 1.54) is 34.4 Å². The second-order valence-electron chi connectivity index (χ2n) is 8.05. The normalized spacial score (nSPS) is 19.3. The van der Waals surface area contributed by atoms with E-state index in [0.717, 1.165) is 48.4 Å². The molecule has 1 fully saturated rings. The molecule has 1 atom stereocenters. The lowest BCUT2D eigenvalue weighted by Gasteiger charge is -2.28. The lowest BCUT2D eigenvalue weighted by atomic mass is 9.89. The van der Waals surface area contributed by atoms with Gasteiger partial charge in [0.05, 0.1) is 5.69 Å². The second kappa shape index (κ2) is 7.12. The number of H-pyrrole nitrogens is 1. The van der Waals surface area contributed by atoms with Crippen molar-refractivity contribution in [3.63, 3.8) is 0 Å². The van der Waals surface area contributed by atoms with Crippen LogP contribution in [-0.4, -0.2) is 34.0 Å². The van der Waals surface area contributed by atoms with Gasteiger partial charge in [0.2, 0.25) is 0 Å². The fraction of sp³-hybridized carbons (Fsp3) is 0.240. The molecule has 0 amide bonds. The maximum absolute atomic E-state index is 13.5. The van der Waals surface area contributed by atoms with Gasteiger partial charge in [0.1, 0.15) is 5.82 Å². The molecule has 1 unspecified atom stereocenters. The average Bonchev–Trinajstić information content (AvgIpc) is 3.27. The number of nitrogens with zero attached hydrogens (tertiary/aromatic N) is 2. The Hall–Kier alpha value is -2.98. The lowest BCUT2D eigenvalue weighted by molar-refractivity contribution is 0.290. The first-order valence-electron chi connectivity index (χ1n) is 10.1. The van der Waals surface area contributed by atoms with Crippen molar-refractivity contribution in [2.45, 2.75) is 25.8 Å². The topological polar surface area (TPSA) is 31.9 Å². The van der Waals surface area contributed by atoms with E-state index in [4.69, 9.17) is 0 Å². The number of nitrogens with one attached hydrogen (secondary N) is 1. The Balaban J connectivity index is 1.69. The molecular formula is C25H24FN3. The number of pyridine rings is 1. The summed E-state index contributed by atoms with van der Waals surface area (Å²) in [6.07, 6.45) is 8.14. The van der Waals surface area contributed by atoms with Gasteiger partial charge < -0.3 is 4.98 Å². The average molecular weight is 385 g/mol. The Bertz CT molecular complexity index is 1090. The van der Waals surface area contributed by atoms with Crippen molar-refractivity contribution in [3.8, 4) is 22.4 Å². The molecule has 146 valence electrons. The summed E-state index contributed by atoms with van der Waals surface area (Å²) in [6.45, 7) is 8.40. The zero-order chi connectivity index (χ0) is 20.0. The molecule has 4 heterocycles. The fourth-order valence-corrected chi connectivity index (χ4v) is 4.76. The third-order valence-electron chi connectivity index (χ3n) is 6.07. The highest BCUT2D eigenvalue weighted by Crippen LogP contribution is 2.43. The number of aromatic nitrogens is 2. The summed E-state index contributed by atoms with van der Waals surface area (Å²) in [7, 11) is 0. The van der Waals surface area contributed by atoms with Gasteiger partial charge in [0.25, 0.3) is 0 Å². The highest BCUT2D eigenvalue weighted by molar-refractivity contribution is 5.93.